The third-order valence-electron chi connectivity index (χ3n) is 4.22. The first kappa shape index (κ1) is 20.9. The van der Waals surface area contributed by atoms with Crippen LogP contribution in [0.25, 0.3) is 0 Å². The Morgan fingerprint density at radius 3 is 2.48 bits per heavy atom. The lowest BCUT2D eigenvalue weighted by atomic mass is 10.1. The Hall–Kier alpha value is -2.44. The van der Waals surface area contributed by atoms with Gasteiger partial charge in [0.15, 0.2) is 0 Å². The molecule has 0 aliphatic heterocycles. The van der Waals surface area contributed by atoms with Crippen LogP contribution < -0.4 is 10.6 Å². The Labute approximate surface area is 163 Å². The number of hydrogen-bond donors (Lipinski definition) is 2. The molecule has 27 heavy (non-hydrogen) atoms. The van der Waals surface area contributed by atoms with Gasteiger partial charge >= 0.3 is 0 Å². The van der Waals surface area contributed by atoms with Crippen LogP contribution in [-0.2, 0) is 9.59 Å². The number of likely N-dealkylation sites (N-methyl/N-ethyl adjacent to an activating group) is 1. The largest absolute Gasteiger partial charge is 0.325 e. The van der Waals surface area contributed by atoms with E-state index in [-0.39, 0.29) is 35.5 Å². The number of amides is 2. The average Bonchev–Trinajstić information content (AvgIpc) is 2.59. The molecule has 2 N–H and O–H groups in total. The number of benzene rings is 2. The second-order valence-electron chi connectivity index (χ2n) is 6.46. The summed E-state index contributed by atoms with van der Waals surface area (Å²) in [5, 5.41) is 5.64. The van der Waals surface area contributed by atoms with Crippen LogP contribution in [0.5, 0.6) is 0 Å². The number of carbonyl (C=O) groups excluding carboxylic acids is 2. The van der Waals surface area contributed by atoms with Gasteiger partial charge in [-0.05, 0) is 56.3 Å². The number of nitrogens with one attached hydrogen (secondary N) is 2. The SMILES string of the molecule is Cc1cccc(NC(=O)CN(C)CCC(=O)Nc2ccc(Cl)cc2F)c1C. The Bertz CT molecular complexity index is 842. The fourth-order valence-corrected chi connectivity index (χ4v) is 2.66. The first-order valence-electron chi connectivity index (χ1n) is 8.56. The lowest BCUT2D eigenvalue weighted by Crippen LogP contribution is -2.32. The molecule has 0 radical (unpaired) electrons. The van der Waals surface area contributed by atoms with E-state index in [0.717, 1.165) is 22.9 Å². The van der Waals surface area contributed by atoms with Gasteiger partial charge in [-0.1, -0.05) is 23.7 Å². The molecule has 2 aromatic carbocycles. The van der Waals surface area contributed by atoms with Crippen LogP contribution in [-0.4, -0.2) is 36.9 Å². The third kappa shape index (κ3) is 6.34. The zero-order valence-corrected chi connectivity index (χ0v) is 16.4. The van der Waals surface area contributed by atoms with E-state index in [0.29, 0.717) is 6.54 Å². The van der Waals surface area contributed by atoms with Gasteiger partial charge in [-0.25, -0.2) is 4.39 Å². The number of nitrogens with zero attached hydrogens (tertiary/aromatic N) is 1. The molecule has 0 unspecified atom stereocenters. The molecule has 2 aromatic rings. The van der Waals surface area contributed by atoms with Crippen LogP contribution in [0.15, 0.2) is 36.4 Å². The summed E-state index contributed by atoms with van der Waals surface area (Å²) < 4.78 is 13.7. The van der Waals surface area contributed by atoms with Crippen molar-refractivity contribution >= 4 is 34.8 Å². The van der Waals surface area contributed by atoms with Crippen molar-refractivity contribution in [2.45, 2.75) is 20.3 Å². The first-order chi connectivity index (χ1) is 12.8. The molecule has 0 aromatic heterocycles. The fourth-order valence-electron chi connectivity index (χ4n) is 2.50. The number of hydrogen-bond acceptors (Lipinski definition) is 3. The Morgan fingerprint density at radius 2 is 1.78 bits per heavy atom. The molecule has 0 fully saturated rings. The molecule has 0 saturated heterocycles. The predicted molar refractivity (Wildman–Crippen MR) is 107 cm³/mol. The van der Waals surface area contributed by atoms with Crippen molar-refractivity contribution in [3.63, 3.8) is 0 Å². The van der Waals surface area contributed by atoms with E-state index in [1.54, 1.807) is 11.9 Å². The quantitative estimate of drug-likeness (QED) is 0.750. The van der Waals surface area contributed by atoms with Crippen molar-refractivity contribution in [3.8, 4) is 0 Å². The highest BCUT2D eigenvalue weighted by atomic mass is 35.5. The second kappa shape index (κ2) is 9.48. The average molecular weight is 392 g/mol. The lowest BCUT2D eigenvalue weighted by molar-refractivity contribution is -0.119. The fraction of sp³-hybridized carbons (Fsp3) is 0.300. The summed E-state index contributed by atoms with van der Waals surface area (Å²) in [5.41, 5.74) is 2.99. The van der Waals surface area contributed by atoms with Crippen molar-refractivity contribution in [2.75, 3.05) is 30.8 Å². The molecule has 0 atom stereocenters. The predicted octanol–water partition coefficient (Wildman–Crippen LogP) is 4.00. The van der Waals surface area contributed by atoms with Crippen molar-refractivity contribution in [2.24, 2.45) is 0 Å². The van der Waals surface area contributed by atoms with E-state index in [2.05, 4.69) is 10.6 Å². The monoisotopic (exact) mass is 391 g/mol. The van der Waals surface area contributed by atoms with Gasteiger partial charge in [-0.2, -0.15) is 0 Å². The van der Waals surface area contributed by atoms with Crippen LogP contribution in [0.1, 0.15) is 17.5 Å². The zero-order valence-electron chi connectivity index (χ0n) is 15.6. The molecular weight excluding hydrogens is 369 g/mol. The highest BCUT2D eigenvalue weighted by Gasteiger charge is 2.12. The summed E-state index contributed by atoms with van der Waals surface area (Å²) >= 11 is 5.68. The highest BCUT2D eigenvalue weighted by Crippen LogP contribution is 2.19. The minimum Gasteiger partial charge on any atom is -0.325 e. The molecular formula is C20H23ClFN3O2. The van der Waals surface area contributed by atoms with Gasteiger partial charge < -0.3 is 10.6 Å². The maximum absolute atomic E-state index is 13.7. The van der Waals surface area contributed by atoms with E-state index >= 15 is 0 Å². The molecule has 5 nitrogen and oxygen atoms in total. The molecule has 0 aliphatic carbocycles. The highest BCUT2D eigenvalue weighted by molar-refractivity contribution is 6.30. The molecule has 0 spiro atoms. The van der Waals surface area contributed by atoms with Gasteiger partial charge in [-0.15, -0.1) is 0 Å². The Balaban J connectivity index is 1.79. The molecule has 0 heterocycles. The van der Waals surface area contributed by atoms with E-state index in [4.69, 9.17) is 11.6 Å². The lowest BCUT2D eigenvalue weighted by Gasteiger charge is -2.17. The van der Waals surface area contributed by atoms with Crippen molar-refractivity contribution in [1.29, 1.82) is 0 Å². The normalized spacial score (nSPS) is 10.7. The summed E-state index contributed by atoms with van der Waals surface area (Å²) in [6, 6.07) is 9.79. The molecule has 144 valence electrons. The summed E-state index contributed by atoms with van der Waals surface area (Å²) in [7, 11) is 1.75. The number of rotatable bonds is 7. The first-order valence-corrected chi connectivity index (χ1v) is 8.93. The van der Waals surface area contributed by atoms with Gasteiger partial charge in [0, 0.05) is 23.7 Å². The van der Waals surface area contributed by atoms with E-state index < -0.39 is 5.82 Å². The van der Waals surface area contributed by atoms with E-state index in [1.807, 2.05) is 32.0 Å². The van der Waals surface area contributed by atoms with Crippen LogP contribution in [0.4, 0.5) is 15.8 Å². The number of aryl methyl sites for hydroxylation is 1. The molecule has 2 rings (SSSR count). The maximum Gasteiger partial charge on any atom is 0.238 e. The maximum atomic E-state index is 13.7. The van der Waals surface area contributed by atoms with Gasteiger partial charge in [-0.3, -0.25) is 14.5 Å². The minimum atomic E-state index is -0.586. The smallest absolute Gasteiger partial charge is 0.238 e. The Kier molecular flexibility index (Phi) is 7.33. The van der Waals surface area contributed by atoms with Gasteiger partial charge in [0.1, 0.15) is 5.82 Å². The summed E-state index contributed by atoms with van der Waals surface area (Å²) in [4.78, 5) is 25.9. The molecule has 0 saturated carbocycles. The second-order valence-corrected chi connectivity index (χ2v) is 6.89. The summed E-state index contributed by atoms with van der Waals surface area (Å²) in [6.07, 6.45) is 0.134. The van der Waals surface area contributed by atoms with Gasteiger partial charge in [0.05, 0.1) is 12.2 Å². The molecule has 0 aliphatic rings. The zero-order chi connectivity index (χ0) is 20.0. The number of anilines is 2. The Morgan fingerprint density at radius 1 is 1.07 bits per heavy atom. The van der Waals surface area contributed by atoms with Gasteiger partial charge in [0.25, 0.3) is 0 Å². The minimum absolute atomic E-state index is 0.0831. The third-order valence-corrected chi connectivity index (χ3v) is 4.45. The van der Waals surface area contributed by atoms with Crippen molar-refractivity contribution in [1.82, 2.24) is 4.90 Å². The van der Waals surface area contributed by atoms with E-state index in [9.17, 15) is 14.0 Å². The van der Waals surface area contributed by atoms with Crippen molar-refractivity contribution in [3.05, 3.63) is 58.4 Å². The molecule has 0 bridgehead atoms. The number of halogens is 2. The van der Waals surface area contributed by atoms with Gasteiger partial charge in [0.2, 0.25) is 11.8 Å². The number of carbonyl (C=O) groups is 2. The van der Waals surface area contributed by atoms with Crippen LogP contribution >= 0.6 is 11.6 Å². The summed E-state index contributed by atoms with van der Waals surface area (Å²) in [5.74, 6) is -1.08. The summed E-state index contributed by atoms with van der Waals surface area (Å²) in [6.45, 7) is 4.45. The topological polar surface area (TPSA) is 61.4 Å². The van der Waals surface area contributed by atoms with Crippen LogP contribution in [0.2, 0.25) is 5.02 Å². The van der Waals surface area contributed by atoms with Crippen LogP contribution in [0, 0.1) is 19.7 Å². The van der Waals surface area contributed by atoms with Crippen LogP contribution in [0.3, 0.4) is 0 Å². The van der Waals surface area contributed by atoms with Crippen molar-refractivity contribution < 1.29 is 14.0 Å². The molecule has 7 heteroatoms. The molecule has 2 amide bonds. The standard InChI is InChI=1S/C20H23ClFN3O2/c1-13-5-4-6-17(14(13)2)23-20(27)12-25(3)10-9-19(26)24-18-8-7-15(21)11-16(18)22/h4-8,11H,9-10,12H2,1-3H3,(H,23,27)(H,24,26). The van der Waals surface area contributed by atoms with E-state index in [1.165, 1.54) is 12.1 Å².